The highest BCUT2D eigenvalue weighted by molar-refractivity contribution is 7.92. The van der Waals surface area contributed by atoms with Crippen LogP contribution >= 0.6 is 0 Å². The molecule has 3 rings (SSSR count). The van der Waals surface area contributed by atoms with Crippen LogP contribution in [0, 0.1) is 6.92 Å². The fourth-order valence-electron chi connectivity index (χ4n) is 4.00. The van der Waals surface area contributed by atoms with Crippen molar-refractivity contribution in [2.24, 2.45) is 0 Å². The van der Waals surface area contributed by atoms with Crippen LogP contribution in [0.25, 0.3) is 0 Å². The average molecular weight is 552 g/mol. The quantitative estimate of drug-likeness (QED) is 0.357. The predicted molar refractivity (Wildman–Crippen MR) is 153 cm³/mol. The second kappa shape index (κ2) is 13.3. The van der Waals surface area contributed by atoms with E-state index in [0.29, 0.717) is 18.0 Å². The summed E-state index contributed by atoms with van der Waals surface area (Å²) < 4.78 is 34.2. The third-order valence-corrected chi connectivity index (χ3v) is 7.91. The Hall–Kier alpha value is -3.85. The molecule has 0 bridgehead atoms. The molecule has 3 aromatic rings. The van der Waals surface area contributed by atoms with Gasteiger partial charge in [-0.3, -0.25) is 13.9 Å². The number of hydrogen-bond acceptors (Lipinski definition) is 5. The summed E-state index contributed by atoms with van der Waals surface area (Å²) in [5.41, 5.74) is 2.21. The summed E-state index contributed by atoms with van der Waals surface area (Å²) in [6.45, 7) is 9.29. The van der Waals surface area contributed by atoms with E-state index >= 15 is 0 Å². The Bertz CT molecular complexity index is 1340. The molecule has 0 radical (unpaired) electrons. The number of rotatable bonds is 12. The maximum absolute atomic E-state index is 13.9. The fourth-order valence-corrected chi connectivity index (χ4v) is 5.44. The Balaban J connectivity index is 2.01. The zero-order valence-electron chi connectivity index (χ0n) is 23.1. The fraction of sp³-hybridized carbons (Fsp3) is 0.333. The lowest BCUT2D eigenvalue weighted by Crippen LogP contribution is -2.52. The van der Waals surface area contributed by atoms with Gasteiger partial charge >= 0.3 is 0 Å². The highest BCUT2D eigenvalue weighted by Crippen LogP contribution is 2.26. The molecule has 0 aromatic heterocycles. The number of nitrogens with one attached hydrogen (secondary N) is 1. The molecule has 0 spiro atoms. The zero-order valence-corrected chi connectivity index (χ0v) is 23.9. The lowest BCUT2D eigenvalue weighted by Gasteiger charge is -2.32. The van der Waals surface area contributed by atoms with E-state index in [1.807, 2.05) is 52.0 Å². The molecule has 39 heavy (non-hydrogen) atoms. The lowest BCUT2D eigenvalue weighted by molar-refractivity contribution is -0.139. The van der Waals surface area contributed by atoms with E-state index in [-0.39, 0.29) is 23.4 Å². The molecule has 8 nitrogen and oxygen atoms in total. The number of aryl methyl sites for hydroxylation is 1. The number of carbonyl (C=O) groups excluding carboxylic acids is 2. The summed E-state index contributed by atoms with van der Waals surface area (Å²) in [5, 5.41) is 2.85. The number of sulfonamides is 1. The number of anilines is 1. The molecular formula is C30H37N3O5S. The smallest absolute Gasteiger partial charge is 0.264 e. The third kappa shape index (κ3) is 7.83. The first-order chi connectivity index (χ1) is 18.5. The Morgan fingerprint density at radius 3 is 2.08 bits per heavy atom. The summed E-state index contributed by atoms with van der Waals surface area (Å²) in [6.07, 6.45) is 0. The molecule has 0 aliphatic rings. The molecular weight excluding hydrogens is 514 g/mol. The molecule has 0 saturated heterocycles. The minimum atomic E-state index is -4.11. The van der Waals surface area contributed by atoms with Crippen LogP contribution in [-0.4, -0.2) is 50.4 Å². The summed E-state index contributed by atoms with van der Waals surface area (Å²) in [6, 6.07) is 21.2. The second-order valence-electron chi connectivity index (χ2n) is 9.60. The SMILES string of the molecule is CCOc1ccc(N(CC(=O)N(Cc2ccc(C)cc2)[C@H](C)C(=O)NC(C)C)S(=O)(=O)c2ccccc2)cc1. The van der Waals surface area contributed by atoms with E-state index in [2.05, 4.69) is 5.32 Å². The van der Waals surface area contributed by atoms with Gasteiger partial charge < -0.3 is 15.0 Å². The van der Waals surface area contributed by atoms with Crippen LogP contribution in [-0.2, 0) is 26.2 Å². The number of hydrogen-bond donors (Lipinski definition) is 1. The van der Waals surface area contributed by atoms with Gasteiger partial charge in [0, 0.05) is 12.6 Å². The van der Waals surface area contributed by atoms with Crippen molar-refractivity contribution in [3.8, 4) is 5.75 Å². The second-order valence-corrected chi connectivity index (χ2v) is 11.5. The maximum atomic E-state index is 13.9. The van der Waals surface area contributed by atoms with E-state index < -0.39 is 28.5 Å². The minimum absolute atomic E-state index is 0.0577. The van der Waals surface area contributed by atoms with Crippen molar-refractivity contribution >= 4 is 27.5 Å². The Kier molecular flexibility index (Phi) is 10.1. The van der Waals surface area contributed by atoms with Crippen LogP contribution < -0.4 is 14.4 Å². The Morgan fingerprint density at radius 2 is 1.51 bits per heavy atom. The van der Waals surface area contributed by atoms with E-state index in [0.717, 1.165) is 15.4 Å². The molecule has 3 aromatic carbocycles. The van der Waals surface area contributed by atoms with Crippen LogP contribution in [0.15, 0.2) is 83.8 Å². The normalized spacial score (nSPS) is 12.1. The van der Waals surface area contributed by atoms with Crippen LogP contribution in [0.5, 0.6) is 5.75 Å². The van der Waals surface area contributed by atoms with Gasteiger partial charge in [-0.2, -0.15) is 0 Å². The lowest BCUT2D eigenvalue weighted by atomic mass is 10.1. The van der Waals surface area contributed by atoms with Gasteiger partial charge in [0.2, 0.25) is 11.8 Å². The standard InChI is InChI=1S/C30H37N3O5S/c1-6-38-27-18-16-26(17-19-27)33(39(36,37)28-10-8-7-9-11-28)21-29(34)32(24(5)30(35)31-22(2)3)20-25-14-12-23(4)13-15-25/h7-19,22,24H,6,20-21H2,1-5H3,(H,31,35)/t24-/m1/s1. The number of carbonyl (C=O) groups is 2. The van der Waals surface area contributed by atoms with Gasteiger partial charge in [0.05, 0.1) is 17.2 Å². The Morgan fingerprint density at radius 1 is 0.897 bits per heavy atom. The first kappa shape index (κ1) is 29.7. The molecule has 208 valence electrons. The first-order valence-electron chi connectivity index (χ1n) is 13.0. The van der Waals surface area contributed by atoms with Crippen LogP contribution in [0.3, 0.4) is 0 Å². The Labute approximate surface area is 231 Å². The van der Waals surface area contributed by atoms with Crippen molar-refractivity contribution in [1.29, 1.82) is 0 Å². The van der Waals surface area contributed by atoms with E-state index in [9.17, 15) is 18.0 Å². The van der Waals surface area contributed by atoms with Crippen LogP contribution in [0.1, 0.15) is 38.8 Å². The first-order valence-corrected chi connectivity index (χ1v) is 14.4. The average Bonchev–Trinajstić information content (AvgIpc) is 2.91. The van der Waals surface area contributed by atoms with Crippen molar-refractivity contribution in [1.82, 2.24) is 10.2 Å². The predicted octanol–water partition coefficient (Wildman–Crippen LogP) is 4.53. The van der Waals surface area contributed by atoms with Crippen LogP contribution in [0.2, 0.25) is 0 Å². The molecule has 0 heterocycles. The van der Waals surface area contributed by atoms with E-state index in [1.165, 1.54) is 17.0 Å². The van der Waals surface area contributed by atoms with Gasteiger partial charge in [0.25, 0.3) is 10.0 Å². The van der Waals surface area contributed by atoms with Crippen molar-refractivity contribution < 1.29 is 22.7 Å². The van der Waals surface area contributed by atoms with Crippen molar-refractivity contribution in [3.63, 3.8) is 0 Å². The highest BCUT2D eigenvalue weighted by atomic mass is 32.2. The van der Waals surface area contributed by atoms with Crippen molar-refractivity contribution in [2.45, 2.75) is 58.1 Å². The summed E-state index contributed by atoms with van der Waals surface area (Å²) in [4.78, 5) is 28.3. The van der Waals surface area contributed by atoms with Gasteiger partial charge in [-0.25, -0.2) is 8.42 Å². The molecule has 0 fully saturated rings. The van der Waals surface area contributed by atoms with Crippen molar-refractivity contribution in [2.75, 3.05) is 17.5 Å². The van der Waals surface area contributed by atoms with Crippen LogP contribution in [0.4, 0.5) is 5.69 Å². The number of amides is 2. The van der Waals surface area contributed by atoms with Gasteiger partial charge in [-0.1, -0.05) is 48.0 Å². The molecule has 1 N–H and O–H groups in total. The van der Waals surface area contributed by atoms with Gasteiger partial charge in [-0.05, 0) is 76.6 Å². The van der Waals surface area contributed by atoms with Gasteiger partial charge in [0.1, 0.15) is 18.3 Å². The number of nitrogens with zero attached hydrogens (tertiary/aromatic N) is 2. The summed E-state index contributed by atoms with van der Waals surface area (Å²) in [5.74, 6) is -0.232. The monoisotopic (exact) mass is 551 g/mol. The summed E-state index contributed by atoms with van der Waals surface area (Å²) >= 11 is 0. The zero-order chi connectivity index (χ0) is 28.6. The number of benzene rings is 3. The molecule has 1 atom stereocenters. The van der Waals surface area contributed by atoms with Gasteiger partial charge in [-0.15, -0.1) is 0 Å². The topological polar surface area (TPSA) is 96.0 Å². The van der Waals surface area contributed by atoms with Gasteiger partial charge in [0.15, 0.2) is 0 Å². The van der Waals surface area contributed by atoms with E-state index in [4.69, 9.17) is 4.74 Å². The molecule has 9 heteroatoms. The summed E-state index contributed by atoms with van der Waals surface area (Å²) in [7, 11) is -4.11. The molecule has 0 saturated carbocycles. The molecule has 0 aliphatic heterocycles. The molecule has 2 amide bonds. The highest BCUT2D eigenvalue weighted by Gasteiger charge is 2.32. The van der Waals surface area contributed by atoms with E-state index in [1.54, 1.807) is 49.4 Å². The third-order valence-electron chi connectivity index (χ3n) is 6.12. The largest absolute Gasteiger partial charge is 0.494 e. The molecule has 0 aliphatic carbocycles. The molecule has 0 unspecified atom stereocenters. The maximum Gasteiger partial charge on any atom is 0.264 e. The van der Waals surface area contributed by atoms with Crippen molar-refractivity contribution in [3.05, 3.63) is 90.0 Å². The number of ether oxygens (including phenoxy) is 1. The minimum Gasteiger partial charge on any atom is -0.494 e.